The molecule has 0 saturated carbocycles. The van der Waals surface area contributed by atoms with Crippen LogP contribution in [-0.4, -0.2) is 84.4 Å². The Morgan fingerprint density at radius 1 is 1.15 bits per heavy atom. The van der Waals surface area contributed by atoms with Crippen LogP contribution in [0.15, 0.2) is 42.6 Å². The third-order valence-electron chi connectivity index (χ3n) is 6.19. The van der Waals surface area contributed by atoms with Crippen molar-refractivity contribution in [1.29, 1.82) is 0 Å². The van der Waals surface area contributed by atoms with Crippen LogP contribution in [0.4, 0.5) is 11.5 Å². The maximum Gasteiger partial charge on any atom is 0.243 e. The Balaban J connectivity index is 1.33. The van der Waals surface area contributed by atoms with Gasteiger partial charge in [-0.15, -0.1) is 0 Å². The number of benzene rings is 1. The molecule has 0 spiro atoms. The van der Waals surface area contributed by atoms with Gasteiger partial charge in [-0.05, 0) is 36.8 Å². The fourth-order valence-corrected chi connectivity index (χ4v) is 4.41. The number of anilines is 2. The molecular formula is C24H29ClN6O3. The summed E-state index contributed by atoms with van der Waals surface area (Å²) in [6.45, 7) is 5.85. The summed E-state index contributed by atoms with van der Waals surface area (Å²) in [6, 6.07) is 10.2. The van der Waals surface area contributed by atoms with Crippen molar-refractivity contribution in [2.75, 3.05) is 56.0 Å². The van der Waals surface area contributed by atoms with Crippen molar-refractivity contribution in [3.63, 3.8) is 0 Å². The van der Waals surface area contributed by atoms with Gasteiger partial charge in [0, 0.05) is 56.2 Å². The number of halogens is 1. The van der Waals surface area contributed by atoms with Crippen LogP contribution in [0.3, 0.4) is 0 Å². The number of hydrogen-bond donors (Lipinski definition) is 2. The lowest BCUT2D eigenvalue weighted by Crippen LogP contribution is -2.60. The first kappa shape index (κ1) is 24.0. The van der Waals surface area contributed by atoms with Crippen molar-refractivity contribution in [1.82, 2.24) is 20.1 Å². The van der Waals surface area contributed by atoms with Gasteiger partial charge in [0.1, 0.15) is 11.9 Å². The molecule has 3 heterocycles. The molecule has 3 amide bonds. The van der Waals surface area contributed by atoms with E-state index in [9.17, 15) is 14.4 Å². The number of pyridine rings is 1. The minimum absolute atomic E-state index is 0.115. The molecule has 2 fully saturated rings. The summed E-state index contributed by atoms with van der Waals surface area (Å²) < 4.78 is 0. The van der Waals surface area contributed by atoms with Crippen molar-refractivity contribution >= 4 is 40.8 Å². The number of aromatic nitrogens is 1. The molecule has 2 aromatic rings. The van der Waals surface area contributed by atoms with Crippen LogP contribution in [0.1, 0.15) is 12.0 Å². The van der Waals surface area contributed by atoms with E-state index in [0.29, 0.717) is 23.8 Å². The van der Waals surface area contributed by atoms with E-state index < -0.39 is 6.04 Å². The second-order valence-electron chi connectivity index (χ2n) is 8.56. The first-order valence-corrected chi connectivity index (χ1v) is 11.8. The molecule has 180 valence electrons. The Labute approximate surface area is 204 Å². The van der Waals surface area contributed by atoms with Crippen LogP contribution in [0.2, 0.25) is 5.02 Å². The standard InChI is InChI=1S/C24H29ClN6O3/c1-17-5-6-18(14-19(17)25)28-22(32)15-20-24(34)27-8-9-31(20)23(33)16-29-10-12-30(13-11-29)21-4-2-3-7-26-21/h2-7,14,20H,8-13,15-16H2,1H3,(H,27,34)(H,28,32)/t20-/m1/s1. The molecule has 0 bridgehead atoms. The second kappa shape index (κ2) is 10.8. The van der Waals surface area contributed by atoms with E-state index in [1.54, 1.807) is 18.3 Å². The largest absolute Gasteiger partial charge is 0.354 e. The first-order chi connectivity index (χ1) is 16.4. The number of aryl methyl sites for hydroxylation is 1. The van der Waals surface area contributed by atoms with Crippen LogP contribution in [-0.2, 0) is 14.4 Å². The molecule has 2 aliphatic rings. The van der Waals surface area contributed by atoms with Crippen LogP contribution >= 0.6 is 11.6 Å². The van der Waals surface area contributed by atoms with E-state index in [0.717, 1.165) is 37.6 Å². The Hall–Kier alpha value is -3.17. The Morgan fingerprint density at radius 2 is 1.94 bits per heavy atom. The molecule has 4 rings (SSSR count). The van der Waals surface area contributed by atoms with E-state index in [2.05, 4.69) is 25.4 Å². The average molecular weight is 485 g/mol. The number of hydrogen-bond acceptors (Lipinski definition) is 6. The zero-order chi connectivity index (χ0) is 24.1. The van der Waals surface area contributed by atoms with Crippen molar-refractivity contribution < 1.29 is 14.4 Å². The highest BCUT2D eigenvalue weighted by Crippen LogP contribution is 2.21. The number of piperazine rings is 2. The van der Waals surface area contributed by atoms with Gasteiger partial charge in [-0.1, -0.05) is 23.7 Å². The summed E-state index contributed by atoms with van der Waals surface area (Å²) in [4.78, 5) is 48.5. The van der Waals surface area contributed by atoms with Gasteiger partial charge >= 0.3 is 0 Å². The van der Waals surface area contributed by atoms with Crippen molar-refractivity contribution in [3.8, 4) is 0 Å². The van der Waals surface area contributed by atoms with Gasteiger partial charge in [0.2, 0.25) is 17.7 Å². The van der Waals surface area contributed by atoms with Gasteiger partial charge in [0.15, 0.2) is 0 Å². The highest BCUT2D eigenvalue weighted by atomic mass is 35.5. The summed E-state index contributed by atoms with van der Waals surface area (Å²) in [6.07, 6.45) is 1.66. The van der Waals surface area contributed by atoms with E-state index >= 15 is 0 Å². The predicted molar refractivity (Wildman–Crippen MR) is 131 cm³/mol. The van der Waals surface area contributed by atoms with Crippen LogP contribution < -0.4 is 15.5 Å². The predicted octanol–water partition coefficient (Wildman–Crippen LogP) is 1.52. The number of rotatable bonds is 6. The number of nitrogens with zero attached hydrogens (tertiary/aromatic N) is 4. The maximum atomic E-state index is 13.1. The molecule has 2 aliphatic heterocycles. The molecule has 0 unspecified atom stereocenters. The molecule has 1 aromatic carbocycles. The van der Waals surface area contributed by atoms with E-state index in [1.807, 2.05) is 31.2 Å². The minimum Gasteiger partial charge on any atom is -0.354 e. The van der Waals surface area contributed by atoms with Gasteiger partial charge in [-0.2, -0.15) is 0 Å². The maximum absolute atomic E-state index is 13.1. The fourth-order valence-electron chi connectivity index (χ4n) is 4.23. The minimum atomic E-state index is -0.836. The van der Waals surface area contributed by atoms with Crippen LogP contribution in [0.5, 0.6) is 0 Å². The van der Waals surface area contributed by atoms with E-state index in [1.165, 1.54) is 4.90 Å². The van der Waals surface area contributed by atoms with Gasteiger partial charge < -0.3 is 20.4 Å². The molecule has 0 radical (unpaired) electrons. The van der Waals surface area contributed by atoms with Crippen molar-refractivity contribution in [2.45, 2.75) is 19.4 Å². The highest BCUT2D eigenvalue weighted by Gasteiger charge is 2.35. The number of nitrogens with one attached hydrogen (secondary N) is 2. The Kier molecular flexibility index (Phi) is 7.64. The molecule has 1 atom stereocenters. The van der Waals surface area contributed by atoms with Crippen LogP contribution in [0, 0.1) is 6.92 Å². The molecular weight excluding hydrogens is 456 g/mol. The molecule has 1 aromatic heterocycles. The van der Waals surface area contributed by atoms with E-state index in [-0.39, 0.29) is 30.7 Å². The quantitative estimate of drug-likeness (QED) is 0.645. The molecule has 34 heavy (non-hydrogen) atoms. The lowest BCUT2D eigenvalue weighted by atomic mass is 10.1. The lowest BCUT2D eigenvalue weighted by molar-refractivity contribution is -0.145. The number of amides is 3. The third kappa shape index (κ3) is 5.84. The van der Waals surface area contributed by atoms with E-state index in [4.69, 9.17) is 11.6 Å². The molecule has 0 aliphatic carbocycles. The smallest absolute Gasteiger partial charge is 0.243 e. The summed E-state index contributed by atoms with van der Waals surface area (Å²) in [5.41, 5.74) is 1.46. The molecule has 2 saturated heterocycles. The number of carbonyl (C=O) groups is 3. The van der Waals surface area contributed by atoms with Gasteiger partial charge in [-0.25, -0.2) is 4.98 Å². The summed E-state index contributed by atoms with van der Waals surface area (Å²) in [5.74, 6) is 0.139. The monoisotopic (exact) mass is 484 g/mol. The van der Waals surface area contributed by atoms with Gasteiger partial charge in [0.05, 0.1) is 13.0 Å². The SMILES string of the molecule is Cc1ccc(NC(=O)C[C@@H]2C(=O)NCCN2C(=O)CN2CCN(c3ccccn3)CC2)cc1Cl. The fraction of sp³-hybridized carbons (Fsp3) is 0.417. The molecule has 2 N–H and O–H groups in total. The highest BCUT2D eigenvalue weighted by molar-refractivity contribution is 6.31. The Morgan fingerprint density at radius 3 is 2.65 bits per heavy atom. The molecule has 10 heteroatoms. The van der Waals surface area contributed by atoms with Gasteiger partial charge in [0.25, 0.3) is 0 Å². The van der Waals surface area contributed by atoms with Gasteiger partial charge in [-0.3, -0.25) is 19.3 Å². The third-order valence-corrected chi connectivity index (χ3v) is 6.60. The summed E-state index contributed by atoms with van der Waals surface area (Å²) in [5, 5.41) is 6.09. The molecule has 9 nitrogen and oxygen atoms in total. The zero-order valence-electron chi connectivity index (χ0n) is 19.2. The average Bonchev–Trinajstić information content (AvgIpc) is 2.83. The topological polar surface area (TPSA) is 97.9 Å². The number of carbonyl (C=O) groups excluding carboxylic acids is 3. The zero-order valence-corrected chi connectivity index (χ0v) is 19.9. The Bertz CT molecular complexity index is 1040. The lowest BCUT2D eigenvalue weighted by Gasteiger charge is -2.38. The summed E-state index contributed by atoms with van der Waals surface area (Å²) >= 11 is 6.13. The first-order valence-electron chi connectivity index (χ1n) is 11.4. The van der Waals surface area contributed by atoms with Crippen LogP contribution in [0.25, 0.3) is 0 Å². The van der Waals surface area contributed by atoms with Crippen molar-refractivity contribution in [2.24, 2.45) is 0 Å². The van der Waals surface area contributed by atoms with Crippen molar-refractivity contribution in [3.05, 3.63) is 53.2 Å². The normalized spacial score (nSPS) is 19.0. The second-order valence-corrected chi connectivity index (χ2v) is 8.97. The summed E-state index contributed by atoms with van der Waals surface area (Å²) in [7, 11) is 0.